The van der Waals surface area contributed by atoms with Crippen molar-refractivity contribution in [2.24, 2.45) is 0 Å². The molecule has 1 aromatic rings. The zero-order chi connectivity index (χ0) is 16.9. The Hall–Kier alpha value is -1.91. The summed E-state index contributed by atoms with van der Waals surface area (Å²) in [6, 6.07) is 6.12. The number of nitrogens with zero attached hydrogens (tertiary/aromatic N) is 2. The predicted octanol–water partition coefficient (Wildman–Crippen LogP) is 2.09. The first-order valence-electron chi connectivity index (χ1n) is 6.99. The molecule has 1 rings (SSSR count). The maximum atomic E-state index is 12.5. The highest BCUT2D eigenvalue weighted by Gasteiger charge is 2.24. The number of nitriles is 1. The third kappa shape index (κ3) is 3.84. The van der Waals surface area contributed by atoms with E-state index in [1.165, 1.54) is 23.4 Å². The monoisotopic (exact) mass is 324 g/mol. The fourth-order valence-corrected chi connectivity index (χ4v) is 3.43. The highest BCUT2D eigenvalue weighted by Crippen LogP contribution is 2.20. The van der Waals surface area contributed by atoms with E-state index in [0.29, 0.717) is 18.7 Å². The van der Waals surface area contributed by atoms with Gasteiger partial charge in [-0.2, -0.15) is 9.57 Å². The molecule has 1 aromatic carbocycles. The summed E-state index contributed by atoms with van der Waals surface area (Å²) in [6.45, 7) is 7.32. The standard InChI is InChI=1S/C15H20N2O4S/c1-5-17(6-2)22(19,20)13-8-7-11(3)14(9-13)15(18)21-12(4)10-16/h7-9,12H,5-6H2,1-4H3/t12-/m0/s1. The van der Waals surface area contributed by atoms with Gasteiger partial charge in [0.15, 0.2) is 6.10 Å². The average molecular weight is 324 g/mol. The van der Waals surface area contributed by atoms with Crippen LogP contribution >= 0.6 is 0 Å². The Bertz CT molecular complexity index is 688. The summed E-state index contributed by atoms with van der Waals surface area (Å²) in [5.41, 5.74) is 0.740. The second-order valence-electron chi connectivity index (χ2n) is 4.74. The van der Waals surface area contributed by atoms with Crippen LogP contribution in [-0.4, -0.2) is 37.9 Å². The minimum atomic E-state index is -3.65. The molecule has 0 saturated heterocycles. The molecule has 0 spiro atoms. The number of carbonyl (C=O) groups excluding carboxylic acids is 1. The molecular formula is C15H20N2O4S. The van der Waals surface area contributed by atoms with Gasteiger partial charge in [0.2, 0.25) is 10.0 Å². The van der Waals surface area contributed by atoms with Gasteiger partial charge in [0, 0.05) is 13.1 Å². The van der Waals surface area contributed by atoms with Gasteiger partial charge in [0.25, 0.3) is 0 Å². The van der Waals surface area contributed by atoms with Crippen LogP contribution in [0.25, 0.3) is 0 Å². The van der Waals surface area contributed by atoms with Crippen molar-refractivity contribution in [1.29, 1.82) is 5.26 Å². The molecule has 1 atom stereocenters. The first-order chi connectivity index (χ1) is 10.3. The zero-order valence-electron chi connectivity index (χ0n) is 13.2. The first kappa shape index (κ1) is 18.1. The van der Waals surface area contributed by atoms with Gasteiger partial charge in [-0.3, -0.25) is 0 Å². The number of carbonyl (C=O) groups is 1. The number of hydrogen-bond acceptors (Lipinski definition) is 5. The minimum absolute atomic E-state index is 0.0401. The molecule has 120 valence electrons. The number of hydrogen-bond donors (Lipinski definition) is 0. The molecular weight excluding hydrogens is 304 g/mol. The molecule has 0 amide bonds. The Morgan fingerprint density at radius 1 is 1.36 bits per heavy atom. The van der Waals surface area contributed by atoms with Crippen LogP contribution < -0.4 is 0 Å². The van der Waals surface area contributed by atoms with Gasteiger partial charge in [0.1, 0.15) is 6.07 Å². The van der Waals surface area contributed by atoms with Crippen LogP contribution in [-0.2, 0) is 14.8 Å². The van der Waals surface area contributed by atoms with Crippen LogP contribution in [0.1, 0.15) is 36.7 Å². The zero-order valence-corrected chi connectivity index (χ0v) is 14.0. The molecule has 0 unspecified atom stereocenters. The summed E-state index contributed by atoms with van der Waals surface area (Å²) in [4.78, 5) is 12.1. The highest BCUT2D eigenvalue weighted by atomic mass is 32.2. The molecule has 0 aliphatic heterocycles. The normalized spacial score (nSPS) is 12.7. The lowest BCUT2D eigenvalue weighted by Crippen LogP contribution is -2.30. The fourth-order valence-electron chi connectivity index (χ4n) is 1.94. The summed E-state index contributed by atoms with van der Waals surface area (Å²) in [5.74, 6) is -0.705. The quantitative estimate of drug-likeness (QED) is 0.748. The molecule has 0 radical (unpaired) electrons. The second-order valence-corrected chi connectivity index (χ2v) is 6.68. The Labute approximate surface area is 131 Å². The van der Waals surface area contributed by atoms with Crippen LogP contribution in [0.15, 0.2) is 23.1 Å². The third-order valence-corrected chi connectivity index (χ3v) is 5.28. The Morgan fingerprint density at radius 3 is 2.45 bits per heavy atom. The lowest BCUT2D eigenvalue weighted by Gasteiger charge is -2.19. The molecule has 0 heterocycles. The Balaban J connectivity index is 3.26. The summed E-state index contributed by atoms with van der Waals surface area (Å²) in [6.07, 6.45) is -0.894. The van der Waals surface area contributed by atoms with Crippen molar-refractivity contribution in [3.8, 4) is 6.07 Å². The lowest BCUT2D eigenvalue weighted by molar-refractivity contribution is 0.0434. The van der Waals surface area contributed by atoms with E-state index in [4.69, 9.17) is 10.00 Å². The van der Waals surface area contributed by atoms with Crippen molar-refractivity contribution in [1.82, 2.24) is 4.31 Å². The SMILES string of the molecule is CCN(CC)S(=O)(=O)c1ccc(C)c(C(=O)O[C@@H](C)C#N)c1. The molecule has 22 heavy (non-hydrogen) atoms. The maximum absolute atomic E-state index is 12.5. The summed E-state index contributed by atoms with van der Waals surface area (Å²) >= 11 is 0. The summed E-state index contributed by atoms with van der Waals surface area (Å²) in [5, 5.41) is 8.69. The van der Waals surface area contributed by atoms with Gasteiger partial charge in [-0.05, 0) is 31.5 Å². The van der Waals surface area contributed by atoms with Gasteiger partial charge in [-0.15, -0.1) is 0 Å². The van der Waals surface area contributed by atoms with Crippen molar-refractivity contribution < 1.29 is 17.9 Å². The molecule has 0 aromatic heterocycles. The van der Waals surface area contributed by atoms with Crippen molar-refractivity contribution in [3.05, 3.63) is 29.3 Å². The number of sulfonamides is 1. The highest BCUT2D eigenvalue weighted by molar-refractivity contribution is 7.89. The van der Waals surface area contributed by atoms with E-state index >= 15 is 0 Å². The summed E-state index contributed by atoms with van der Waals surface area (Å²) < 4.78 is 31.2. The van der Waals surface area contributed by atoms with Crippen molar-refractivity contribution in [3.63, 3.8) is 0 Å². The molecule has 0 aliphatic rings. The van der Waals surface area contributed by atoms with E-state index in [0.717, 1.165) is 0 Å². The first-order valence-corrected chi connectivity index (χ1v) is 8.43. The second kappa shape index (κ2) is 7.38. The number of rotatable bonds is 6. The average Bonchev–Trinajstić information content (AvgIpc) is 2.48. The molecule has 0 N–H and O–H groups in total. The number of ether oxygens (including phenoxy) is 1. The number of esters is 1. The Kier molecular flexibility index (Phi) is 6.09. The fraction of sp³-hybridized carbons (Fsp3) is 0.467. The van der Waals surface area contributed by atoms with Crippen LogP contribution in [0.3, 0.4) is 0 Å². The molecule has 7 heteroatoms. The van der Waals surface area contributed by atoms with Crippen LogP contribution in [0, 0.1) is 18.3 Å². The van der Waals surface area contributed by atoms with Crippen LogP contribution in [0.5, 0.6) is 0 Å². The van der Waals surface area contributed by atoms with Crippen LogP contribution in [0.4, 0.5) is 0 Å². The van der Waals surface area contributed by atoms with Crippen molar-refractivity contribution in [2.75, 3.05) is 13.1 Å². The summed E-state index contributed by atoms with van der Waals surface area (Å²) in [7, 11) is -3.65. The van der Waals surface area contributed by atoms with E-state index in [-0.39, 0.29) is 10.5 Å². The molecule has 0 fully saturated rings. The van der Waals surface area contributed by atoms with Gasteiger partial charge >= 0.3 is 5.97 Å². The van der Waals surface area contributed by atoms with E-state index < -0.39 is 22.1 Å². The predicted molar refractivity (Wildman–Crippen MR) is 81.8 cm³/mol. The van der Waals surface area contributed by atoms with E-state index in [2.05, 4.69) is 0 Å². The van der Waals surface area contributed by atoms with Gasteiger partial charge < -0.3 is 4.74 Å². The topological polar surface area (TPSA) is 87.5 Å². The largest absolute Gasteiger partial charge is 0.444 e. The van der Waals surface area contributed by atoms with E-state index in [1.807, 2.05) is 0 Å². The third-order valence-electron chi connectivity index (χ3n) is 3.24. The lowest BCUT2D eigenvalue weighted by atomic mass is 10.1. The molecule has 0 aliphatic carbocycles. The molecule has 0 bridgehead atoms. The number of benzene rings is 1. The molecule has 6 nitrogen and oxygen atoms in total. The molecule has 0 saturated carbocycles. The van der Waals surface area contributed by atoms with E-state index in [9.17, 15) is 13.2 Å². The van der Waals surface area contributed by atoms with Crippen molar-refractivity contribution in [2.45, 2.75) is 38.7 Å². The van der Waals surface area contributed by atoms with E-state index in [1.54, 1.807) is 32.9 Å². The van der Waals surface area contributed by atoms with Gasteiger partial charge in [-0.25, -0.2) is 13.2 Å². The van der Waals surface area contributed by atoms with Crippen molar-refractivity contribution >= 4 is 16.0 Å². The minimum Gasteiger partial charge on any atom is -0.444 e. The smallest absolute Gasteiger partial charge is 0.339 e. The maximum Gasteiger partial charge on any atom is 0.339 e. The Morgan fingerprint density at radius 2 is 1.95 bits per heavy atom. The van der Waals surface area contributed by atoms with Crippen LogP contribution in [0.2, 0.25) is 0 Å². The van der Waals surface area contributed by atoms with Gasteiger partial charge in [-0.1, -0.05) is 19.9 Å². The van der Waals surface area contributed by atoms with Gasteiger partial charge in [0.05, 0.1) is 10.5 Å². The number of aryl methyl sites for hydroxylation is 1.